The van der Waals surface area contributed by atoms with Gasteiger partial charge in [-0.25, -0.2) is 8.78 Å². The summed E-state index contributed by atoms with van der Waals surface area (Å²) in [5.74, 6) is -0.950. The summed E-state index contributed by atoms with van der Waals surface area (Å²) in [5, 5.41) is 11.8. The van der Waals surface area contributed by atoms with E-state index in [1.165, 1.54) is 7.11 Å². The summed E-state index contributed by atoms with van der Waals surface area (Å²) in [6.45, 7) is 0.344. The molecule has 1 aromatic rings. The van der Waals surface area contributed by atoms with Crippen LogP contribution in [-0.2, 0) is 11.3 Å². The molecule has 0 amide bonds. The van der Waals surface area contributed by atoms with Gasteiger partial charge in [-0.15, -0.1) is 0 Å². The molecule has 0 aliphatic rings. The quantitative estimate of drug-likeness (QED) is 0.769. The van der Waals surface area contributed by atoms with Gasteiger partial charge in [0.2, 0.25) is 0 Å². The van der Waals surface area contributed by atoms with E-state index in [0.717, 1.165) is 18.2 Å². The summed E-state index contributed by atoms with van der Waals surface area (Å²) in [7, 11) is 1.51. The van der Waals surface area contributed by atoms with Gasteiger partial charge in [-0.3, -0.25) is 0 Å². The van der Waals surface area contributed by atoms with Crippen molar-refractivity contribution in [2.75, 3.05) is 20.3 Å². The first kappa shape index (κ1) is 13.0. The first-order valence-electron chi connectivity index (χ1n) is 4.94. The van der Waals surface area contributed by atoms with Crippen molar-refractivity contribution in [2.45, 2.75) is 12.6 Å². The lowest BCUT2D eigenvalue weighted by molar-refractivity contribution is 0.128. The number of ether oxygens (including phenoxy) is 1. The Morgan fingerprint density at radius 2 is 2.19 bits per heavy atom. The van der Waals surface area contributed by atoms with E-state index in [1.54, 1.807) is 0 Å². The number of aliphatic hydroxyl groups excluding tert-OH is 1. The lowest BCUT2D eigenvalue weighted by Crippen LogP contribution is -2.36. The molecule has 0 aliphatic carbocycles. The summed E-state index contributed by atoms with van der Waals surface area (Å²) in [4.78, 5) is 0. The molecular weight excluding hydrogens is 216 g/mol. The predicted molar refractivity (Wildman–Crippen MR) is 55.9 cm³/mol. The molecule has 1 aromatic carbocycles. The molecule has 3 nitrogen and oxygen atoms in total. The van der Waals surface area contributed by atoms with E-state index in [2.05, 4.69) is 5.32 Å². The predicted octanol–water partition coefficient (Wildman–Crippen LogP) is 1.06. The number of nitrogens with one attached hydrogen (secondary N) is 1. The Balaban J connectivity index is 2.55. The van der Waals surface area contributed by atoms with Crippen molar-refractivity contribution in [1.82, 2.24) is 5.32 Å². The van der Waals surface area contributed by atoms with E-state index in [0.29, 0.717) is 6.61 Å². The molecule has 90 valence electrons. The topological polar surface area (TPSA) is 41.5 Å². The molecule has 1 rings (SSSR count). The van der Waals surface area contributed by atoms with E-state index >= 15 is 0 Å². The van der Waals surface area contributed by atoms with Crippen LogP contribution in [0.3, 0.4) is 0 Å². The highest BCUT2D eigenvalue weighted by Gasteiger charge is 2.08. The summed E-state index contributed by atoms with van der Waals surface area (Å²) >= 11 is 0. The fraction of sp³-hybridized carbons (Fsp3) is 0.455. The van der Waals surface area contributed by atoms with Gasteiger partial charge in [0.1, 0.15) is 11.6 Å². The van der Waals surface area contributed by atoms with Crippen molar-refractivity contribution in [3.63, 3.8) is 0 Å². The van der Waals surface area contributed by atoms with Crippen LogP contribution in [-0.4, -0.2) is 31.5 Å². The van der Waals surface area contributed by atoms with Crippen LogP contribution in [0.5, 0.6) is 0 Å². The standard InChI is InChI=1S/C11H15F2NO2/c1-16-7-10(6-15)14-5-8-4-9(12)2-3-11(8)13/h2-4,10,14-15H,5-7H2,1H3. The van der Waals surface area contributed by atoms with Gasteiger partial charge < -0.3 is 15.2 Å². The normalized spacial score (nSPS) is 12.8. The smallest absolute Gasteiger partial charge is 0.127 e. The van der Waals surface area contributed by atoms with Crippen molar-refractivity contribution < 1.29 is 18.6 Å². The van der Waals surface area contributed by atoms with Crippen LogP contribution >= 0.6 is 0 Å². The second kappa shape index (κ2) is 6.52. The molecule has 0 fully saturated rings. The molecule has 0 spiro atoms. The monoisotopic (exact) mass is 231 g/mol. The maximum absolute atomic E-state index is 13.2. The Bertz CT molecular complexity index is 334. The van der Waals surface area contributed by atoms with Crippen LogP contribution in [0.2, 0.25) is 0 Å². The zero-order valence-corrected chi connectivity index (χ0v) is 9.04. The molecule has 1 atom stereocenters. The maximum Gasteiger partial charge on any atom is 0.127 e. The van der Waals surface area contributed by atoms with Crippen molar-refractivity contribution >= 4 is 0 Å². The number of hydrogen-bond acceptors (Lipinski definition) is 3. The van der Waals surface area contributed by atoms with Gasteiger partial charge in [0, 0.05) is 19.2 Å². The van der Waals surface area contributed by atoms with Crippen LogP contribution in [0.4, 0.5) is 8.78 Å². The van der Waals surface area contributed by atoms with Crippen molar-refractivity contribution in [2.24, 2.45) is 0 Å². The molecule has 0 heterocycles. The second-order valence-corrected chi connectivity index (χ2v) is 3.45. The molecule has 0 radical (unpaired) electrons. The third-order valence-corrected chi connectivity index (χ3v) is 2.18. The minimum atomic E-state index is -0.481. The summed E-state index contributed by atoms with van der Waals surface area (Å²) in [6, 6.07) is 2.99. The van der Waals surface area contributed by atoms with Crippen molar-refractivity contribution in [3.8, 4) is 0 Å². The molecule has 5 heteroatoms. The highest BCUT2D eigenvalue weighted by molar-refractivity contribution is 5.18. The molecule has 2 N–H and O–H groups in total. The molecule has 16 heavy (non-hydrogen) atoms. The Hall–Kier alpha value is -1.04. The number of benzene rings is 1. The maximum atomic E-state index is 13.2. The first-order chi connectivity index (χ1) is 7.67. The fourth-order valence-corrected chi connectivity index (χ4v) is 1.31. The summed E-state index contributed by atoms with van der Waals surface area (Å²) < 4.78 is 30.9. The van der Waals surface area contributed by atoms with Crippen LogP contribution < -0.4 is 5.32 Å². The Morgan fingerprint density at radius 1 is 1.44 bits per heavy atom. The third kappa shape index (κ3) is 3.84. The second-order valence-electron chi connectivity index (χ2n) is 3.45. The summed E-state index contributed by atoms with van der Waals surface area (Å²) in [5.41, 5.74) is 0.231. The molecule has 0 aliphatic heterocycles. The molecular formula is C11H15F2NO2. The van der Waals surface area contributed by atoms with Crippen LogP contribution in [0.15, 0.2) is 18.2 Å². The van der Waals surface area contributed by atoms with Gasteiger partial charge in [0.15, 0.2) is 0 Å². The zero-order chi connectivity index (χ0) is 12.0. The van der Waals surface area contributed by atoms with Gasteiger partial charge >= 0.3 is 0 Å². The minimum Gasteiger partial charge on any atom is -0.395 e. The molecule has 1 unspecified atom stereocenters. The van der Waals surface area contributed by atoms with Crippen molar-refractivity contribution in [1.29, 1.82) is 0 Å². The van der Waals surface area contributed by atoms with Gasteiger partial charge in [0.05, 0.1) is 19.3 Å². The molecule has 0 bridgehead atoms. The van der Waals surface area contributed by atoms with E-state index in [1.807, 2.05) is 0 Å². The molecule has 0 aromatic heterocycles. The highest BCUT2D eigenvalue weighted by atomic mass is 19.1. The number of halogens is 2. The van der Waals surface area contributed by atoms with Gasteiger partial charge in [-0.1, -0.05) is 0 Å². The van der Waals surface area contributed by atoms with E-state index in [9.17, 15) is 8.78 Å². The third-order valence-electron chi connectivity index (χ3n) is 2.18. The van der Waals surface area contributed by atoms with Gasteiger partial charge in [0.25, 0.3) is 0 Å². The average Bonchev–Trinajstić information content (AvgIpc) is 2.28. The molecule has 0 saturated heterocycles. The largest absolute Gasteiger partial charge is 0.395 e. The Labute approximate surface area is 93.0 Å². The first-order valence-corrected chi connectivity index (χ1v) is 4.94. The fourth-order valence-electron chi connectivity index (χ4n) is 1.31. The number of aliphatic hydroxyl groups is 1. The lowest BCUT2D eigenvalue weighted by atomic mass is 10.2. The summed E-state index contributed by atoms with van der Waals surface area (Å²) in [6.07, 6.45) is 0. The highest BCUT2D eigenvalue weighted by Crippen LogP contribution is 2.09. The van der Waals surface area contributed by atoms with E-state index in [4.69, 9.17) is 9.84 Å². The van der Waals surface area contributed by atoms with E-state index in [-0.39, 0.29) is 24.8 Å². The van der Waals surface area contributed by atoms with Gasteiger partial charge in [-0.2, -0.15) is 0 Å². The van der Waals surface area contributed by atoms with E-state index < -0.39 is 11.6 Å². The Morgan fingerprint density at radius 3 is 2.81 bits per heavy atom. The zero-order valence-electron chi connectivity index (χ0n) is 9.04. The number of rotatable bonds is 6. The van der Waals surface area contributed by atoms with Crippen LogP contribution in [0.1, 0.15) is 5.56 Å². The van der Waals surface area contributed by atoms with Crippen LogP contribution in [0.25, 0.3) is 0 Å². The van der Waals surface area contributed by atoms with Crippen LogP contribution in [0, 0.1) is 11.6 Å². The molecule has 0 saturated carbocycles. The lowest BCUT2D eigenvalue weighted by Gasteiger charge is -2.15. The Kier molecular flexibility index (Phi) is 5.31. The SMILES string of the molecule is COCC(CO)NCc1cc(F)ccc1F. The average molecular weight is 231 g/mol. The van der Waals surface area contributed by atoms with Crippen molar-refractivity contribution in [3.05, 3.63) is 35.4 Å². The van der Waals surface area contributed by atoms with Gasteiger partial charge in [-0.05, 0) is 18.2 Å². The minimum absolute atomic E-state index is 0.120. The number of hydrogen-bond donors (Lipinski definition) is 2. The number of methoxy groups -OCH3 is 1.